The van der Waals surface area contributed by atoms with Crippen LogP contribution in [-0.2, 0) is 0 Å². The van der Waals surface area contributed by atoms with E-state index in [0.717, 1.165) is 17.2 Å². The van der Waals surface area contributed by atoms with Crippen molar-refractivity contribution in [1.29, 1.82) is 0 Å². The van der Waals surface area contributed by atoms with E-state index in [0.29, 0.717) is 0 Å². The first-order valence-corrected chi connectivity index (χ1v) is 3.46. The van der Waals surface area contributed by atoms with Gasteiger partial charge in [0, 0.05) is 11.8 Å². The third-order valence-electron chi connectivity index (χ3n) is 1.62. The molecule has 0 saturated carbocycles. The summed E-state index contributed by atoms with van der Waals surface area (Å²) in [6.07, 6.45) is 3.71. The molecule has 1 aliphatic rings. The summed E-state index contributed by atoms with van der Waals surface area (Å²) in [6, 6.07) is 1.92. The van der Waals surface area contributed by atoms with Crippen LogP contribution < -0.4 is 5.32 Å². The lowest BCUT2D eigenvalue weighted by atomic mass is 10.3. The van der Waals surface area contributed by atoms with E-state index in [9.17, 15) is 0 Å². The van der Waals surface area contributed by atoms with Crippen molar-refractivity contribution in [2.75, 3.05) is 5.32 Å². The highest BCUT2D eigenvalue weighted by atomic mass is 15.3. The standard InChI is InChI=1S/C8H9N3/c1-6-5-7(2)11-8(10-6)3-4-9-11/h3-5,10H,2H2,1H3. The molecule has 11 heavy (non-hydrogen) atoms. The molecule has 0 atom stereocenters. The van der Waals surface area contributed by atoms with Crippen molar-refractivity contribution in [3.63, 3.8) is 0 Å². The van der Waals surface area contributed by atoms with Crippen LogP contribution in [0.15, 0.2) is 30.6 Å². The van der Waals surface area contributed by atoms with Gasteiger partial charge in [0.05, 0.1) is 11.9 Å². The summed E-state index contributed by atoms with van der Waals surface area (Å²) in [4.78, 5) is 0. The lowest BCUT2D eigenvalue weighted by molar-refractivity contribution is 0.903. The van der Waals surface area contributed by atoms with Gasteiger partial charge in [0.2, 0.25) is 0 Å². The van der Waals surface area contributed by atoms with Crippen LogP contribution in [0.4, 0.5) is 5.82 Å². The van der Waals surface area contributed by atoms with Gasteiger partial charge in [-0.25, -0.2) is 4.68 Å². The third kappa shape index (κ3) is 0.852. The van der Waals surface area contributed by atoms with Gasteiger partial charge >= 0.3 is 0 Å². The number of rotatable bonds is 0. The molecule has 0 radical (unpaired) electrons. The highest BCUT2D eigenvalue weighted by molar-refractivity contribution is 5.66. The second-order valence-electron chi connectivity index (χ2n) is 2.57. The molecule has 0 bridgehead atoms. The predicted molar refractivity (Wildman–Crippen MR) is 44.9 cm³/mol. The van der Waals surface area contributed by atoms with Gasteiger partial charge in [0.1, 0.15) is 5.82 Å². The number of anilines is 1. The molecule has 0 aromatic carbocycles. The molecule has 0 spiro atoms. The molecule has 1 aromatic heterocycles. The summed E-state index contributed by atoms with van der Waals surface area (Å²) < 4.78 is 1.77. The van der Waals surface area contributed by atoms with Crippen molar-refractivity contribution in [1.82, 2.24) is 9.78 Å². The molecule has 0 amide bonds. The second kappa shape index (κ2) is 1.99. The van der Waals surface area contributed by atoms with Gasteiger partial charge in [-0.15, -0.1) is 0 Å². The Morgan fingerprint density at radius 3 is 3.27 bits per heavy atom. The summed E-state index contributed by atoms with van der Waals surface area (Å²) in [5.74, 6) is 0.981. The van der Waals surface area contributed by atoms with Crippen LogP contribution in [0.2, 0.25) is 0 Å². The Balaban J connectivity index is 2.54. The van der Waals surface area contributed by atoms with E-state index in [4.69, 9.17) is 0 Å². The van der Waals surface area contributed by atoms with Crippen molar-refractivity contribution >= 4 is 11.5 Å². The Bertz CT molecular complexity index is 333. The van der Waals surface area contributed by atoms with Crippen LogP contribution >= 0.6 is 0 Å². The summed E-state index contributed by atoms with van der Waals surface area (Å²) >= 11 is 0. The van der Waals surface area contributed by atoms with Crippen molar-refractivity contribution in [3.8, 4) is 0 Å². The summed E-state index contributed by atoms with van der Waals surface area (Å²) in [5, 5.41) is 7.25. The Labute approximate surface area is 65.0 Å². The van der Waals surface area contributed by atoms with Gasteiger partial charge in [0.15, 0.2) is 0 Å². The maximum absolute atomic E-state index is 4.08. The molecule has 1 N–H and O–H groups in total. The molecule has 3 heteroatoms. The van der Waals surface area contributed by atoms with E-state index < -0.39 is 0 Å². The first-order chi connectivity index (χ1) is 5.27. The zero-order valence-electron chi connectivity index (χ0n) is 6.33. The largest absolute Gasteiger partial charge is 0.344 e. The number of hydrogen-bond donors (Lipinski definition) is 1. The lowest BCUT2D eigenvalue weighted by Crippen LogP contribution is -2.10. The van der Waals surface area contributed by atoms with Crippen LogP contribution in [0.3, 0.4) is 0 Å². The number of fused-ring (bicyclic) bond motifs is 1. The maximum atomic E-state index is 4.08. The number of nitrogens with zero attached hydrogens (tertiary/aromatic N) is 2. The van der Waals surface area contributed by atoms with Crippen molar-refractivity contribution in [2.45, 2.75) is 6.92 Å². The fourth-order valence-electron chi connectivity index (χ4n) is 1.18. The van der Waals surface area contributed by atoms with Gasteiger partial charge in [0.25, 0.3) is 0 Å². The number of hydrogen-bond acceptors (Lipinski definition) is 2. The monoisotopic (exact) mass is 147 g/mol. The van der Waals surface area contributed by atoms with Crippen molar-refractivity contribution in [2.24, 2.45) is 0 Å². The van der Waals surface area contributed by atoms with Crippen molar-refractivity contribution in [3.05, 3.63) is 30.6 Å². The van der Waals surface area contributed by atoms with Crippen LogP contribution in [0.5, 0.6) is 0 Å². The topological polar surface area (TPSA) is 29.9 Å². The van der Waals surface area contributed by atoms with E-state index in [1.807, 2.05) is 19.1 Å². The molecule has 2 heterocycles. The molecule has 2 rings (SSSR count). The zero-order chi connectivity index (χ0) is 7.84. The van der Waals surface area contributed by atoms with E-state index in [2.05, 4.69) is 17.0 Å². The molecule has 1 aromatic rings. The molecule has 1 aliphatic heterocycles. The number of nitrogens with one attached hydrogen (secondary N) is 1. The zero-order valence-corrected chi connectivity index (χ0v) is 6.33. The van der Waals surface area contributed by atoms with Crippen LogP contribution in [0.25, 0.3) is 5.70 Å². The fourth-order valence-corrected chi connectivity index (χ4v) is 1.18. The Morgan fingerprint density at radius 1 is 1.64 bits per heavy atom. The molecular weight excluding hydrogens is 138 g/mol. The first-order valence-electron chi connectivity index (χ1n) is 3.46. The number of allylic oxidation sites excluding steroid dienone is 3. The van der Waals surface area contributed by atoms with E-state index in [1.54, 1.807) is 10.9 Å². The van der Waals surface area contributed by atoms with Gasteiger partial charge in [-0.1, -0.05) is 6.58 Å². The highest BCUT2D eigenvalue weighted by Crippen LogP contribution is 2.20. The predicted octanol–water partition coefficient (Wildman–Crippen LogP) is 1.68. The van der Waals surface area contributed by atoms with Gasteiger partial charge in [-0.2, -0.15) is 5.10 Å². The van der Waals surface area contributed by atoms with E-state index >= 15 is 0 Å². The average molecular weight is 147 g/mol. The Morgan fingerprint density at radius 2 is 2.45 bits per heavy atom. The van der Waals surface area contributed by atoms with Gasteiger partial charge in [-0.3, -0.25) is 0 Å². The van der Waals surface area contributed by atoms with Gasteiger partial charge in [-0.05, 0) is 13.0 Å². The van der Waals surface area contributed by atoms with Crippen LogP contribution in [0, 0.1) is 0 Å². The third-order valence-corrected chi connectivity index (χ3v) is 1.62. The first kappa shape index (κ1) is 6.22. The summed E-state index contributed by atoms with van der Waals surface area (Å²) in [7, 11) is 0. The summed E-state index contributed by atoms with van der Waals surface area (Å²) in [6.45, 7) is 5.86. The minimum absolute atomic E-state index is 0.904. The molecule has 3 nitrogen and oxygen atoms in total. The SMILES string of the molecule is C=C1C=C(C)Nc2ccnn21. The lowest BCUT2D eigenvalue weighted by Gasteiger charge is -2.15. The number of aromatic nitrogens is 2. The molecule has 0 saturated heterocycles. The molecule has 0 aliphatic carbocycles. The smallest absolute Gasteiger partial charge is 0.133 e. The minimum atomic E-state index is 0.904. The Kier molecular flexibility index (Phi) is 1.12. The molecule has 0 unspecified atom stereocenters. The highest BCUT2D eigenvalue weighted by Gasteiger charge is 2.08. The molecular formula is C8H9N3. The molecule has 56 valence electrons. The normalized spacial score (nSPS) is 15.4. The minimum Gasteiger partial charge on any atom is -0.344 e. The quantitative estimate of drug-likeness (QED) is 0.605. The van der Waals surface area contributed by atoms with Crippen molar-refractivity contribution < 1.29 is 0 Å². The second-order valence-corrected chi connectivity index (χ2v) is 2.57. The van der Waals surface area contributed by atoms with Crippen LogP contribution in [-0.4, -0.2) is 9.78 Å². The Hall–Kier alpha value is -1.51. The van der Waals surface area contributed by atoms with E-state index in [-0.39, 0.29) is 0 Å². The average Bonchev–Trinajstić information content (AvgIpc) is 2.34. The maximum Gasteiger partial charge on any atom is 0.133 e. The van der Waals surface area contributed by atoms with Crippen LogP contribution in [0.1, 0.15) is 6.92 Å². The molecule has 0 fully saturated rings. The van der Waals surface area contributed by atoms with Gasteiger partial charge < -0.3 is 5.32 Å². The fraction of sp³-hybridized carbons (Fsp3) is 0.125. The summed E-state index contributed by atoms with van der Waals surface area (Å²) in [5.41, 5.74) is 2.00. The van der Waals surface area contributed by atoms with E-state index in [1.165, 1.54) is 0 Å².